The van der Waals surface area contributed by atoms with Crippen molar-refractivity contribution < 1.29 is 9.59 Å². The number of rotatable bonds is 3. The monoisotopic (exact) mass is 292 g/mol. The van der Waals surface area contributed by atoms with Crippen LogP contribution >= 0.6 is 0 Å². The van der Waals surface area contributed by atoms with Gasteiger partial charge in [0.15, 0.2) is 0 Å². The van der Waals surface area contributed by atoms with E-state index in [-0.39, 0.29) is 11.8 Å². The molecule has 2 rings (SSSR count). The van der Waals surface area contributed by atoms with Crippen LogP contribution in [-0.2, 0) is 23.1 Å². The summed E-state index contributed by atoms with van der Waals surface area (Å²) in [6.45, 7) is 8.17. The van der Waals surface area contributed by atoms with E-state index in [1.807, 2.05) is 30.5 Å². The van der Waals surface area contributed by atoms with Crippen molar-refractivity contribution in [2.24, 2.45) is 7.05 Å². The van der Waals surface area contributed by atoms with E-state index in [1.54, 1.807) is 11.8 Å². The number of aromatic nitrogens is 2. The third kappa shape index (κ3) is 3.43. The summed E-state index contributed by atoms with van der Waals surface area (Å²) >= 11 is 0. The zero-order valence-corrected chi connectivity index (χ0v) is 13.3. The van der Waals surface area contributed by atoms with Crippen LogP contribution in [0.1, 0.15) is 30.3 Å². The van der Waals surface area contributed by atoms with Crippen LogP contribution in [0.2, 0.25) is 0 Å². The van der Waals surface area contributed by atoms with Crippen LogP contribution in [-0.4, -0.2) is 57.6 Å². The minimum atomic E-state index is 0.0868. The number of carbonyl (C=O) groups is 2. The number of aryl methyl sites for hydroxylation is 2. The fourth-order valence-electron chi connectivity index (χ4n) is 2.84. The van der Waals surface area contributed by atoms with Gasteiger partial charge in [-0.05, 0) is 25.8 Å². The van der Waals surface area contributed by atoms with Gasteiger partial charge in [-0.2, -0.15) is 5.10 Å². The molecule has 0 N–H and O–H groups in total. The smallest absolute Gasteiger partial charge is 0.223 e. The average Bonchev–Trinajstić information content (AvgIpc) is 2.70. The maximum atomic E-state index is 12.3. The lowest BCUT2D eigenvalue weighted by Gasteiger charge is -2.34. The quantitative estimate of drug-likeness (QED) is 0.822. The number of hydrogen-bond donors (Lipinski definition) is 0. The summed E-state index contributed by atoms with van der Waals surface area (Å²) < 4.78 is 1.86. The molecule has 1 fully saturated rings. The molecule has 0 unspecified atom stereocenters. The minimum Gasteiger partial charge on any atom is -0.339 e. The van der Waals surface area contributed by atoms with Crippen LogP contribution in [0.5, 0.6) is 0 Å². The highest BCUT2D eigenvalue weighted by Gasteiger charge is 2.22. The van der Waals surface area contributed by atoms with E-state index in [4.69, 9.17) is 0 Å². The lowest BCUT2D eigenvalue weighted by Crippen LogP contribution is -2.50. The molecule has 0 bridgehead atoms. The third-order valence-corrected chi connectivity index (χ3v) is 4.33. The van der Waals surface area contributed by atoms with Crippen LogP contribution in [0.25, 0.3) is 0 Å². The Labute approximate surface area is 125 Å². The number of nitrogens with zero attached hydrogens (tertiary/aromatic N) is 4. The van der Waals surface area contributed by atoms with Crippen molar-refractivity contribution in [1.82, 2.24) is 19.6 Å². The van der Waals surface area contributed by atoms with Crippen LogP contribution < -0.4 is 0 Å². The average molecular weight is 292 g/mol. The molecule has 0 saturated carbocycles. The predicted molar refractivity (Wildman–Crippen MR) is 79.8 cm³/mol. The third-order valence-electron chi connectivity index (χ3n) is 4.33. The molecular formula is C15H24N4O2. The summed E-state index contributed by atoms with van der Waals surface area (Å²) in [5, 5.41) is 4.38. The van der Waals surface area contributed by atoms with Gasteiger partial charge in [-0.25, -0.2) is 0 Å². The van der Waals surface area contributed by atoms with E-state index in [9.17, 15) is 9.59 Å². The van der Waals surface area contributed by atoms with Gasteiger partial charge in [0, 0.05) is 52.3 Å². The first-order valence-corrected chi connectivity index (χ1v) is 7.42. The summed E-state index contributed by atoms with van der Waals surface area (Å²) in [6.07, 6.45) is 1.24. The summed E-state index contributed by atoms with van der Waals surface area (Å²) in [7, 11) is 1.93. The van der Waals surface area contributed by atoms with E-state index in [2.05, 4.69) is 5.10 Å². The highest BCUT2D eigenvalue weighted by atomic mass is 16.2. The molecule has 1 aromatic heterocycles. The van der Waals surface area contributed by atoms with Crippen molar-refractivity contribution in [3.05, 3.63) is 17.0 Å². The Hall–Kier alpha value is -1.85. The molecule has 116 valence electrons. The molecule has 0 radical (unpaired) electrons. The fraction of sp³-hybridized carbons (Fsp3) is 0.667. The van der Waals surface area contributed by atoms with E-state index >= 15 is 0 Å². The first-order valence-electron chi connectivity index (χ1n) is 7.42. The fourth-order valence-corrected chi connectivity index (χ4v) is 2.84. The SMILES string of the molecule is CC(=O)N1CCN(C(=O)CCc2c(C)nn(C)c2C)CC1. The van der Waals surface area contributed by atoms with E-state index in [1.165, 1.54) is 5.56 Å². The Morgan fingerprint density at radius 2 is 1.67 bits per heavy atom. The van der Waals surface area contributed by atoms with Crippen molar-refractivity contribution in [2.75, 3.05) is 26.2 Å². The normalized spacial score (nSPS) is 15.4. The topological polar surface area (TPSA) is 58.4 Å². The van der Waals surface area contributed by atoms with Gasteiger partial charge in [-0.3, -0.25) is 14.3 Å². The van der Waals surface area contributed by atoms with Crippen molar-refractivity contribution >= 4 is 11.8 Å². The van der Waals surface area contributed by atoms with Crippen molar-refractivity contribution in [3.8, 4) is 0 Å². The summed E-state index contributed by atoms with van der Waals surface area (Å²) in [5.74, 6) is 0.254. The second-order valence-corrected chi connectivity index (χ2v) is 5.66. The van der Waals surface area contributed by atoms with Crippen LogP contribution in [0.15, 0.2) is 0 Å². The van der Waals surface area contributed by atoms with E-state index in [0.717, 1.165) is 17.8 Å². The Bertz CT molecular complexity index is 542. The van der Waals surface area contributed by atoms with Crippen LogP contribution in [0.3, 0.4) is 0 Å². The minimum absolute atomic E-state index is 0.0868. The molecule has 6 heteroatoms. The van der Waals surface area contributed by atoms with Crippen LogP contribution in [0, 0.1) is 13.8 Å². The molecule has 21 heavy (non-hydrogen) atoms. The molecule has 1 aliphatic heterocycles. The highest BCUT2D eigenvalue weighted by molar-refractivity contribution is 5.77. The first-order chi connectivity index (χ1) is 9.90. The number of amides is 2. The molecule has 0 atom stereocenters. The Morgan fingerprint density at radius 3 is 2.14 bits per heavy atom. The number of hydrogen-bond acceptors (Lipinski definition) is 3. The van der Waals surface area contributed by atoms with Gasteiger partial charge in [0.25, 0.3) is 0 Å². The summed E-state index contributed by atoms with van der Waals surface area (Å²) in [6, 6.07) is 0. The largest absolute Gasteiger partial charge is 0.339 e. The van der Waals surface area contributed by atoms with Crippen molar-refractivity contribution in [1.29, 1.82) is 0 Å². The summed E-state index contributed by atoms with van der Waals surface area (Å²) in [5.41, 5.74) is 3.30. The second kappa shape index (κ2) is 6.28. The summed E-state index contributed by atoms with van der Waals surface area (Å²) in [4.78, 5) is 27.2. The molecule has 2 amide bonds. The lowest BCUT2D eigenvalue weighted by molar-refractivity contribution is -0.138. The molecule has 6 nitrogen and oxygen atoms in total. The standard InChI is InChI=1S/C15H24N4O2/c1-11-14(12(2)17(4)16-11)5-6-15(21)19-9-7-18(8-10-19)13(3)20/h5-10H2,1-4H3. The number of carbonyl (C=O) groups excluding carboxylic acids is 2. The van der Waals surface area contributed by atoms with Gasteiger partial charge in [-0.1, -0.05) is 0 Å². The van der Waals surface area contributed by atoms with Gasteiger partial charge < -0.3 is 9.80 Å². The molecule has 1 aromatic rings. The zero-order chi connectivity index (χ0) is 15.6. The van der Waals surface area contributed by atoms with Crippen LogP contribution in [0.4, 0.5) is 0 Å². The first kappa shape index (κ1) is 15.5. The maximum Gasteiger partial charge on any atom is 0.223 e. The molecule has 1 saturated heterocycles. The predicted octanol–water partition coefficient (Wildman–Crippen LogP) is 0.660. The lowest BCUT2D eigenvalue weighted by atomic mass is 10.1. The molecule has 1 aliphatic rings. The zero-order valence-electron chi connectivity index (χ0n) is 13.3. The molecule has 0 spiro atoms. The highest BCUT2D eigenvalue weighted by Crippen LogP contribution is 2.15. The van der Waals surface area contributed by atoms with Gasteiger partial charge in [0.05, 0.1) is 5.69 Å². The Kier molecular flexibility index (Phi) is 4.65. The van der Waals surface area contributed by atoms with Gasteiger partial charge >= 0.3 is 0 Å². The van der Waals surface area contributed by atoms with Gasteiger partial charge in [0.2, 0.25) is 11.8 Å². The molecule has 0 aliphatic carbocycles. The van der Waals surface area contributed by atoms with Crippen molar-refractivity contribution in [3.63, 3.8) is 0 Å². The Morgan fingerprint density at radius 1 is 1.10 bits per heavy atom. The van der Waals surface area contributed by atoms with E-state index in [0.29, 0.717) is 32.6 Å². The second-order valence-electron chi connectivity index (χ2n) is 5.66. The molecular weight excluding hydrogens is 268 g/mol. The van der Waals surface area contributed by atoms with E-state index < -0.39 is 0 Å². The molecule has 2 heterocycles. The van der Waals surface area contributed by atoms with Gasteiger partial charge in [-0.15, -0.1) is 0 Å². The maximum absolute atomic E-state index is 12.3. The van der Waals surface area contributed by atoms with Crippen molar-refractivity contribution in [2.45, 2.75) is 33.6 Å². The molecule has 0 aromatic carbocycles. The number of piperazine rings is 1. The van der Waals surface area contributed by atoms with Gasteiger partial charge in [0.1, 0.15) is 0 Å². The Balaban J connectivity index is 1.87.